The van der Waals surface area contributed by atoms with E-state index in [1.165, 1.54) is 18.4 Å². The van der Waals surface area contributed by atoms with Gasteiger partial charge >= 0.3 is 5.97 Å². The fraction of sp³-hybridized carbons (Fsp3) is 0.455. The van der Waals surface area contributed by atoms with Gasteiger partial charge in [0.05, 0.1) is 12.8 Å². The Morgan fingerprint density at radius 1 is 1.71 bits per heavy atom. The van der Waals surface area contributed by atoms with Crippen molar-refractivity contribution in [2.45, 2.75) is 6.42 Å². The van der Waals surface area contributed by atoms with Crippen LogP contribution in [0.3, 0.4) is 0 Å². The highest BCUT2D eigenvalue weighted by atomic mass is 35.5. The summed E-state index contributed by atoms with van der Waals surface area (Å²) in [5, 5.41) is 1.78. The standard InChI is InChI=1S/C11H12ClNO3S/c1-16-11(15)10-8(2-3-17-10)13-6-7(5-12)4-9(13)14/h2-3,7H,4-6H2,1H3. The van der Waals surface area contributed by atoms with Gasteiger partial charge in [-0.1, -0.05) is 0 Å². The summed E-state index contributed by atoms with van der Waals surface area (Å²) in [6.07, 6.45) is 0.444. The molecule has 1 aromatic heterocycles. The smallest absolute Gasteiger partial charge is 0.350 e. The highest BCUT2D eigenvalue weighted by Crippen LogP contribution is 2.32. The van der Waals surface area contributed by atoms with Gasteiger partial charge in [0.1, 0.15) is 4.88 Å². The van der Waals surface area contributed by atoms with E-state index in [0.29, 0.717) is 29.4 Å². The highest BCUT2D eigenvalue weighted by Gasteiger charge is 2.32. The zero-order chi connectivity index (χ0) is 12.4. The first-order chi connectivity index (χ1) is 8.17. The summed E-state index contributed by atoms with van der Waals surface area (Å²) >= 11 is 7.04. The molecule has 2 rings (SSSR count). The molecule has 1 unspecified atom stereocenters. The molecule has 1 fully saturated rings. The van der Waals surface area contributed by atoms with E-state index in [9.17, 15) is 9.59 Å². The summed E-state index contributed by atoms with van der Waals surface area (Å²) < 4.78 is 4.69. The Morgan fingerprint density at radius 3 is 3.06 bits per heavy atom. The predicted octanol–water partition coefficient (Wildman–Crippen LogP) is 2.13. The lowest BCUT2D eigenvalue weighted by atomic mass is 10.1. The van der Waals surface area contributed by atoms with E-state index in [1.807, 2.05) is 0 Å². The van der Waals surface area contributed by atoms with E-state index in [1.54, 1.807) is 16.3 Å². The van der Waals surface area contributed by atoms with E-state index >= 15 is 0 Å². The van der Waals surface area contributed by atoms with Crippen molar-refractivity contribution < 1.29 is 14.3 Å². The van der Waals surface area contributed by atoms with Crippen molar-refractivity contribution in [3.05, 3.63) is 16.3 Å². The van der Waals surface area contributed by atoms with Crippen LogP contribution in [-0.4, -0.2) is 31.4 Å². The normalized spacial score (nSPS) is 19.8. The molecule has 1 amide bonds. The van der Waals surface area contributed by atoms with Crippen LogP contribution in [0.4, 0.5) is 5.69 Å². The van der Waals surface area contributed by atoms with Gasteiger partial charge in [0, 0.05) is 18.8 Å². The number of carbonyl (C=O) groups is 2. The maximum Gasteiger partial charge on any atom is 0.350 e. The SMILES string of the molecule is COC(=O)c1sccc1N1CC(CCl)CC1=O. The minimum atomic E-state index is -0.405. The second-order valence-electron chi connectivity index (χ2n) is 3.86. The van der Waals surface area contributed by atoms with Crippen LogP contribution in [0.5, 0.6) is 0 Å². The van der Waals surface area contributed by atoms with Gasteiger partial charge in [0.25, 0.3) is 0 Å². The lowest BCUT2D eigenvalue weighted by molar-refractivity contribution is -0.117. The number of carbonyl (C=O) groups excluding carboxylic acids is 2. The summed E-state index contributed by atoms with van der Waals surface area (Å²) in [5.74, 6) is 0.228. The number of methoxy groups -OCH3 is 1. The Bertz CT molecular complexity index is 446. The molecule has 0 bridgehead atoms. The molecule has 1 saturated heterocycles. The number of hydrogen-bond acceptors (Lipinski definition) is 4. The van der Waals surface area contributed by atoms with E-state index in [0.717, 1.165) is 0 Å². The molecule has 0 spiro atoms. The van der Waals surface area contributed by atoms with Gasteiger partial charge in [-0.15, -0.1) is 22.9 Å². The Kier molecular flexibility index (Phi) is 3.69. The van der Waals surface area contributed by atoms with Crippen LogP contribution in [-0.2, 0) is 9.53 Å². The number of esters is 1. The zero-order valence-corrected chi connectivity index (χ0v) is 10.9. The van der Waals surface area contributed by atoms with Crippen LogP contribution < -0.4 is 4.90 Å². The zero-order valence-electron chi connectivity index (χ0n) is 9.31. The third kappa shape index (κ3) is 2.30. The fourth-order valence-electron chi connectivity index (χ4n) is 1.88. The van der Waals surface area contributed by atoms with E-state index in [2.05, 4.69) is 0 Å². The van der Waals surface area contributed by atoms with Crippen molar-refractivity contribution in [2.75, 3.05) is 24.4 Å². The second-order valence-corrected chi connectivity index (χ2v) is 5.08. The van der Waals surface area contributed by atoms with Gasteiger partial charge in [-0.3, -0.25) is 4.79 Å². The first kappa shape index (κ1) is 12.4. The number of ether oxygens (including phenoxy) is 1. The van der Waals surface area contributed by atoms with Gasteiger partial charge in [-0.05, 0) is 17.4 Å². The number of halogens is 1. The van der Waals surface area contributed by atoms with E-state index in [4.69, 9.17) is 16.3 Å². The highest BCUT2D eigenvalue weighted by molar-refractivity contribution is 7.12. The Balaban J connectivity index is 2.26. The van der Waals surface area contributed by atoms with Gasteiger partial charge in [-0.25, -0.2) is 4.79 Å². The van der Waals surface area contributed by atoms with Crippen LogP contribution in [0.15, 0.2) is 11.4 Å². The van der Waals surface area contributed by atoms with Gasteiger partial charge in [-0.2, -0.15) is 0 Å². The monoisotopic (exact) mass is 273 g/mol. The first-order valence-electron chi connectivity index (χ1n) is 5.19. The summed E-state index contributed by atoms with van der Waals surface area (Å²) in [4.78, 5) is 25.4. The predicted molar refractivity (Wildman–Crippen MR) is 66.8 cm³/mol. The van der Waals surface area contributed by atoms with E-state index in [-0.39, 0.29) is 11.8 Å². The molecule has 0 radical (unpaired) electrons. The molecule has 0 saturated carbocycles. The Labute approximate surface area is 108 Å². The van der Waals surface area contributed by atoms with Gasteiger partial charge < -0.3 is 9.64 Å². The van der Waals surface area contributed by atoms with Crippen LogP contribution >= 0.6 is 22.9 Å². The maximum atomic E-state index is 11.8. The molecule has 2 heterocycles. The van der Waals surface area contributed by atoms with Crippen LogP contribution in [0.2, 0.25) is 0 Å². The average molecular weight is 274 g/mol. The number of anilines is 1. The molecule has 0 aliphatic carbocycles. The Morgan fingerprint density at radius 2 is 2.47 bits per heavy atom. The largest absolute Gasteiger partial charge is 0.465 e. The summed E-state index contributed by atoms with van der Waals surface area (Å²) in [6.45, 7) is 0.572. The molecule has 1 aliphatic rings. The molecule has 4 nitrogen and oxygen atoms in total. The minimum absolute atomic E-state index is 0.0132. The molecular formula is C11H12ClNO3S. The molecule has 0 aromatic carbocycles. The second kappa shape index (κ2) is 5.06. The molecule has 17 heavy (non-hydrogen) atoms. The minimum Gasteiger partial charge on any atom is -0.465 e. The Hall–Kier alpha value is -1.07. The van der Waals surface area contributed by atoms with Crippen molar-refractivity contribution in [3.63, 3.8) is 0 Å². The van der Waals surface area contributed by atoms with Gasteiger partial charge in [0.2, 0.25) is 5.91 Å². The molecule has 92 valence electrons. The fourth-order valence-corrected chi connectivity index (χ4v) is 2.90. The van der Waals surface area contributed by atoms with Crippen molar-refractivity contribution >= 4 is 40.5 Å². The number of rotatable bonds is 3. The lowest BCUT2D eigenvalue weighted by Crippen LogP contribution is -2.25. The molecular weight excluding hydrogens is 262 g/mol. The molecule has 1 aliphatic heterocycles. The maximum absolute atomic E-state index is 11.8. The van der Waals surface area contributed by atoms with Crippen molar-refractivity contribution in [1.82, 2.24) is 0 Å². The lowest BCUT2D eigenvalue weighted by Gasteiger charge is -2.16. The van der Waals surface area contributed by atoms with Crippen LogP contribution in [0.1, 0.15) is 16.1 Å². The molecule has 1 atom stereocenters. The van der Waals surface area contributed by atoms with Crippen LogP contribution in [0.25, 0.3) is 0 Å². The van der Waals surface area contributed by atoms with Gasteiger partial charge in [0.15, 0.2) is 0 Å². The van der Waals surface area contributed by atoms with E-state index < -0.39 is 5.97 Å². The molecule has 6 heteroatoms. The number of hydrogen-bond donors (Lipinski definition) is 0. The van der Waals surface area contributed by atoms with Crippen molar-refractivity contribution in [3.8, 4) is 0 Å². The third-order valence-electron chi connectivity index (χ3n) is 2.73. The average Bonchev–Trinajstić information content (AvgIpc) is 2.93. The van der Waals surface area contributed by atoms with Crippen LogP contribution in [0, 0.1) is 5.92 Å². The number of nitrogens with zero attached hydrogens (tertiary/aromatic N) is 1. The summed E-state index contributed by atoms with van der Waals surface area (Å²) in [6, 6.07) is 1.77. The molecule has 0 N–H and O–H groups in total. The number of alkyl halides is 1. The number of amides is 1. The van der Waals surface area contributed by atoms with Crippen molar-refractivity contribution in [1.29, 1.82) is 0 Å². The number of thiophene rings is 1. The van der Waals surface area contributed by atoms with Crippen molar-refractivity contribution in [2.24, 2.45) is 5.92 Å². The summed E-state index contributed by atoms with van der Waals surface area (Å²) in [5.41, 5.74) is 0.638. The third-order valence-corrected chi connectivity index (χ3v) is 4.05. The topological polar surface area (TPSA) is 46.6 Å². The quantitative estimate of drug-likeness (QED) is 0.626. The molecule has 1 aromatic rings. The summed E-state index contributed by atoms with van der Waals surface area (Å²) in [7, 11) is 1.33. The first-order valence-corrected chi connectivity index (χ1v) is 6.61.